The van der Waals surface area contributed by atoms with Gasteiger partial charge in [0.15, 0.2) is 0 Å². The third-order valence-electron chi connectivity index (χ3n) is 3.38. The maximum absolute atomic E-state index is 4.59. The fraction of sp³-hybridized carbons (Fsp3) is 0.222. The van der Waals surface area contributed by atoms with E-state index in [0.717, 1.165) is 22.8 Å². The molecule has 0 saturated heterocycles. The summed E-state index contributed by atoms with van der Waals surface area (Å²) in [5.74, 6) is 0. The lowest BCUT2D eigenvalue weighted by Crippen LogP contribution is -2.19. The van der Waals surface area contributed by atoms with Gasteiger partial charge in [0.1, 0.15) is 0 Å². The van der Waals surface area contributed by atoms with Gasteiger partial charge in [-0.3, -0.25) is 10.0 Å². The van der Waals surface area contributed by atoms with E-state index >= 15 is 0 Å². The molecule has 0 spiro atoms. The summed E-state index contributed by atoms with van der Waals surface area (Å²) < 4.78 is 0. The number of nitrogens with zero attached hydrogens (tertiary/aromatic N) is 4. The molecule has 0 fully saturated rings. The highest BCUT2D eigenvalue weighted by atomic mass is 15.5. The van der Waals surface area contributed by atoms with E-state index in [0.29, 0.717) is 0 Å². The minimum atomic E-state index is 0.883. The van der Waals surface area contributed by atoms with Gasteiger partial charge in [-0.1, -0.05) is 36.4 Å². The molecule has 0 aliphatic rings. The average molecular weight is 294 g/mol. The van der Waals surface area contributed by atoms with Crippen molar-refractivity contribution in [2.45, 2.75) is 13.8 Å². The SMILES string of the molecule is CC(=N/N(C)c1ccccc1)/C(C)=N/N(C)c1ccccc1. The van der Waals surface area contributed by atoms with Gasteiger partial charge in [-0.15, -0.1) is 0 Å². The fourth-order valence-corrected chi connectivity index (χ4v) is 2.00. The van der Waals surface area contributed by atoms with Crippen LogP contribution in [-0.4, -0.2) is 25.5 Å². The topological polar surface area (TPSA) is 31.2 Å². The van der Waals surface area contributed by atoms with Gasteiger partial charge in [0, 0.05) is 14.1 Å². The molecule has 0 unspecified atom stereocenters. The third kappa shape index (κ3) is 4.19. The van der Waals surface area contributed by atoms with Crippen LogP contribution < -0.4 is 10.0 Å². The molecule has 0 aromatic heterocycles. The van der Waals surface area contributed by atoms with E-state index in [-0.39, 0.29) is 0 Å². The second-order valence-electron chi connectivity index (χ2n) is 5.09. The largest absolute Gasteiger partial charge is 0.268 e. The van der Waals surface area contributed by atoms with Gasteiger partial charge in [0.25, 0.3) is 0 Å². The van der Waals surface area contributed by atoms with Crippen LogP contribution in [0.2, 0.25) is 0 Å². The number of anilines is 2. The lowest BCUT2D eigenvalue weighted by Gasteiger charge is -2.16. The predicted octanol–water partition coefficient (Wildman–Crippen LogP) is 4.01. The molecule has 0 aliphatic carbocycles. The predicted molar refractivity (Wildman–Crippen MR) is 95.9 cm³/mol. The van der Waals surface area contributed by atoms with Gasteiger partial charge in [0.05, 0.1) is 22.8 Å². The van der Waals surface area contributed by atoms with Crippen molar-refractivity contribution >= 4 is 22.8 Å². The molecule has 0 bridgehead atoms. The summed E-state index contributed by atoms with van der Waals surface area (Å²) in [6, 6.07) is 20.1. The molecular formula is C18H22N4. The van der Waals surface area contributed by atoms with E-state index in [1.54, 1.807) is 0 Å². The Labute approximate surface area is 132 Å². The molecule has 0 heterocycles. The van der Waals surface area contributed by atoms with Gasteiger partial charge in [-0.2, -0.15) is 10.2 Å². The first-order valence-corrected chi connectivity index (χ1v) is 7.26. The van der Waals surface area contributed by atoms with Gasteiger partial charge >= 0.3 is 0 Å². The second kappa shape index (κ2) is 7.41. The highest BCUT2D eigenvalue weighted by Crippen LogP contribution is 2.13. The Kier molecular flexibility index (Phi) is 5.31. The molecular weight excluding hydrogens is 272 g/mol. The Morgan fingerprint density at radius 2 is 0.955 bits per heavy atom. The number of hydrazone groups is 2. The zero-order valence-corrected chi connectivity index (χ0v) is 13.6. The maximum Gasteiger partial charge on any atom is 0.0808 e. The molecule has 0 amide bonds. The first-order valence-electron chi connectivity index (χ1n) is 7.26. The molecule has 0 atom stereocenters. The summed E-state index contributed by atoms with van der Waals surface area (Å²) in [4.78, 5) is 0. The lowest BCUT2D eigenvalue weighted by molar-refractivity contribution is 1.00. The van der Waals surface area contributed by atoms with Crippen molar-refractivity contribution in [1.29, 1.82) is 0 Å². The van der Waals surface area contributed by atoms with Crippen molar-refractivity contribution < 1.29 is 0 Å². The summed E-state index contributed by atoms with van der Waals surface area (Å²) >= 11 is 0. The molecule has 4 nitrogen and oxygen atoms in total. The highest BCUT2D eigenvalue weighted by molar-refractivity contribution is 6.40. The van der Waals surface area contributed by atoms with E-state index in [2.05, 4.69) is 10.2 Å². The van der Waals surface area contributed by atoms with Crippen LogP contribution in [0.5, 0.6) is 0 Å². The zero-order chi connectivity index (χ0) is 15.9. The molecule has 2 rings (SSSR count). The smallest absolute Gasteiger partial charge is 0.0808 e. The van der Waals surface area contributed by atoms with E-state index in [4.69, 9.17) is 0 Å². The van der Waals surface area contributed by atoms with E-state index in [1.807, 2.05) is 98.6 Å². The molecule has 2 aromatic rings. The average Bonchev–Trinajstić information content (AvgIpc) is 2.56. The number of benzene rings is 2. The van der Waals surface area contributed by atoms with Crippen LogP contribution in [0, 0.1) is 0 Å². The Morgan fingerprint density at radius 3 is 1.27 bits per heavy atom. The Hall–Kier alpha value is -2.62. The minimum absolute atomic E-state index is 0.883. The molecule has 0 radical (unpaired) electrons. The zero-order valence-electron chi connectivity index (χ0n) is 13.6. The van der Waals surface area contributed by atoms with Crippen molar-refractivity contribution in [3.05, 3.63) is 60.7 Å². The van der Waals surface area contributed by atoms with Crippen LogP contribution in [0.25, 0.3) is 0 Å². The number of hydrogen-bond donors (Lipinski definition) is 0. The van der Waals surface area contributed by atoms with Crippen molar-refractivity contribution in [2.75, 3.05) is 24.1 Å². The molecule has 114 valence electrons. The minimum Gasteiger partial charge on any atom is -0.268 e. The summed E-state index contributed by atoms with van der Waals surface area (Å²) in [6.45, 7) is 3.94. The molecule has 0 saturated carbocycles. The van der Waals surface area contributed by atoms with Crippen molar-refractivity contribution in [1.82, 2.24) is 0 Å². The Bertz CT molecular complexity index is 588. The standard InChI is InChI=1S/C18H22N4/c1-15(19-21(3)17-11-7-5-8-12-17)16(2)20-22(4)18-13-9-6-10-14-18/h5-14H,1-4H3/b19-15-,20-16+. The first-order chi connectivity index (χ1) is 10.6. The highest BCUT2D eigenvalue weighted by Gasteiger charge is 2.04. The van der Waals surface area contributed by atoms with Gasteiger partial charge < -0.3 is 0 Å². The quantitative estimate of drug-likeness (QED) is 0.616. The van der Waals surface area contributed by atoms with E-state index < -0.39 is 0 Å². The van der Waals surface area contributed by atoms with Gasteiger partial charge in [-0.05, 0) is 38.1 Å². The fourth-order valence-electron chi connectivity index (χ4n) is 2.00. The summed E-state index contributed by atoms with van der Waals surface area (Å²) in [6.07, 6.45) is 0. The Balaban J connectivity index is 2.12. The molecule has 4 heteroatoms. The van der Waals surface area contributed by atoms with E-state index in [9.17, 15) is 0 Å². The van der Waals surface area contributed by atoms with Crippen molar-refractivity contribution in [3.8, 4) is 0 Å². The number of hydrogen-bond acceptors (Lipinski definition) is 4. The van der Waals surface area contributed by atoms with E-state index in [1.165, 1.54) is 0 Å². The van der Waals surface area contributed by atoms with Crippen LogP contribution in [0.4, 0.5) is 11.4 Å². The number of rotatable bonds is 5. The molecule has 0 N–H and O–H groups in total. The Morgan fingerprint density at radius 1 is 0.636 bits per heavy atom. The second-order valence-corrected chi connectivity index (χ2v) is 5.09. The van der Waals surface area contributed by atoms with Crippen molar-refractivity contribution in [2.24, 2.45) is 10.2 Å². The van der Waals surface area contributed by atoms with Crippen LogP contribution in [0.1, 0.15) is 13.8 Å². The normalized spacial score (nSPS) is 12.2. The first kappa shape index (κ1) is 15.8. The third-order valence-corrected chi connectivity index (χ3v) is 3.38. The van der Waals surface area contributed by atoms with Crippen molar-refractivity contribution in [3.63, 3.8) is 0 Å². The van der Waals surface area contributed by atoms with Crippen LogP contribution in [0.15, 0.2) is 70.9 Å². The molecule has 2 aromatic carbocycles. The van der Waals surface area contributed by atoms with Crippen LogP contribution >= 0.6 is 0 Å². The summed E-state index contributed by atoms with van der Waals surface area (Å²) in [7, 11) is 3.88. The molecule has 22 heavy (non-hydrogen) atoms. The maximum atomic E-state index is 4.59. The number of para-hydroxylation sites is 2. The monoisotopic (exact) mass is 294 g/mol. The lowest BCUT2D eigenvalue weighted by atomic mass is 10.3. The van der Waals surface area contributed by atoms with Gasteiger partial charge in [-0.25, -0.2) is 0 Å². The van der Waals surface area contributed by atoms with Crippen LogP contribution in [-0.2, 0) is 0 Å². The molecule has 0 aliphatic heterocycles. The summed E-state index contributed by atoms with van der Waals surface area (Å²) in [5.41, 5.74) is 3.86. The van der Waals surface area contributed by atoms with Gasteiger partial charge in [0.2, 0.25) is 0 Å². The van der Waals surface area contributed by atoms with Crippen LogP contribution in [0.3, 0.4) is 0 Å². The summed E-state index contributed by atoms with van der Waals surface area (Å²) in [5, 5.41) is 12.9.